The van der Waals surface area contributed by atoms with Crippen LogP contribution in [0, 0.1) is 0 Å². The number of rotatable bonds is 1. The quantitative estimate of drug-likeness (QED) is 0.609. The second-order valence-electron chi connectivity index (χ2n) is 2.35. The third-order valence-corrected chi connectivity index (χ3v) is 1.55. The summed E-state index contributed by atoms with van der Waals surface area (Å²) in [5.41, 5.74) is 1.07. The van der Waals surface area contributed by atoms with Gasteiger partial charge in [-0.05, 0) is 0 Å². The smallest absolute Gasteiger partial charge is 0.394 e. The largest absolute Gasteiger partial charge is 0.462 e. The molecule has 0 amide bonds. The van der Waals surface area contributed by atoms with Crippen LogP contribution in [0.3, 0.4) is 0 Å². The van der Waals surface area contributed by atoms with Crippen LogP contribution in [0.15, 0.2) is 22.9 Å². The van der Waals surface area contributed by atoms with Crippen molar-refractivity contribution in [3.05, 3.63) is 24.4 Å². The molecular weight excluding hydrogens is 172 g/mol. The highest BCUT2D eigenvalue weighted by Crippen LogP contribution is 2.13. The Labute approximate surface area is 73.4 Å². The van der Waals surface area contributed by atoms with E-state index in [-0.39, 0.29) is 5.89 Å². The fourth-order valence-corrected chi connectivity index (χ4v) is 0.955. The van der Waals surface area contributed by atoms with E-state index in [0.29, 0.717) is 11.1 Å². The monoisotopic (exact) mass is 178 g/mol. The molecule has 0 aliphatic rings. The summed E-state index contributed by atoms with van der Waals surface area (Å²) in [5.74, 6) is -0.637. The Hall–Kier alpha value is -1.91. The van der Waals surface area contributed by atoms with E-state index in [0.717, 1.165) is 0 Å². The van der Waals surface area contributed by atoms with Crippen LogP contribution in [0.4, 0.5) is 0 Å². The molecule has 0 saturated carbocycles. The van der Waals surface area contributed by atoms with Crippen LogP contribution in [-0.2, 0) is 4.74 Å². The van der Waals surface area contributed by atoms with Gasteiger partial charge in [-0.25, -0.2) is 9.78 Å². The van der Waals surface area contributed by atoms with Gasteiger partial charge in [0.1, 0.15) is 5.52 Å². The number of hydrogen-bond donors (Lipinski definition) is 0. The molecule has 66 valence electrons. The van der Waals surface area contributed by atoms with Crippen molar-refractivity contribution in [2.24, 2.45) is 0 Å². The Morgan fingerprint density at radius 1 is 1.62 bits per heavy atom. The molecule has 0 bridgehead atoms. The van der Waals surface area contributed by atoms with Gasteiger partial charge in [-0.3, -0.25) is 4.98 Å². The highest BCUT2D eigenvalue weighted by Gasteiger charge is 2.13. The minimum Gasteiger partial charge on any atom is -0.462 e. The minimum atomic E-state index is -0.587. The number of ether oxygens (including phenoxy) is 1. The number of methoxy groups -OCH3 is 1. The molecule has 0 N–H and O–H groups in total. The van der Waals surface area contributed by atoms with Crippen LogP contribution in [0.25, 0.3) is 11.1 Å². The third kappa shape index (κ3) is 1.24. The number of nitrogens with zero attached hydrogens (tertiary/aromatic N) is 2. The fourth-order valence-electron chi connectivity index (χ4n) is 0.955. The van der Waals surface area contributed by atoms with Crippen molar-refractivity contribution in [1.82, 2.24) is 9.97 Å². The van der Waals surface area contributed by atoms with Crippen LogP contribution in [0.1, 0.15) is 10.7 Å². The van der Waals surface area contributed by atoms with Crippen molar-refractivity contribution in [1.29, 1.82) is 0 Å². The van der Waals surface area contributed by atoms with E-state index in [4.69, 9.17) is 4.42 Å². The minimum absolute atomic E-state index is 0.0505. The van der Waals surface area contributed by atoms with Crippen LogP contribution < -0.4 is 0 Å². The van der Waals surface area contributed by atoms with E-state index in [9.17, 15) is 4.79 Å². The number of fused-ring (bicyclic) bond motifs is 1. The summed E-state index contributed by atoms with van der Waals surface area (Å²) in [4.78, 5) is 18.7. The summed E-state index contributed by atoms with van der Waals surface area (Å²) in [6.45, 7) is 0. The molecule has 0 unspecified atom stereocenters. The Bertz CT molecular complexity index is 416. The van der Waals surface area contributed by atoms with Crippen LogP contribution >= 0.6 is 0 Å². The molecule has 0 radical (unpaired) electrons. The lowest BCUT2D eigenvalue weighted by atomic mass is 10.4. The molecule has 0 fully saturated rings. The normalized spacial score (nSPS) is 10.2. The zero-order valence-electron chi connectivity index (χ0n) is 6.85. The maximum Gasteiger partial charge on any atom is 0.394 e. The average Bonchev–Trinajstić information content (AvgIpc) is 2.59. The van der Waals surface area contributed by atoms with Crippen LogP contribution in [-0.4, -0.2) is 23.0 Å². The Morgan fingerprint density at radius 3 is 3.15 bits per heavy atom. The fraction of sp³-hybridized carbons (Fsp3) is 0.125. The molecule has 2 aromatic heterocycles. The maximum absolute atomic E-state index is 11.0. The van der Waals surface area contributed by atoms with E-state index in [1.165, 1.54) is 13.3 Å². The predicted molar refractivity (Wildman–Crippen MR) is 43.1 cm³/mol. The average molecular weight is 178 g/mol. The first-order chi connectivity index (χ1) is 6.31. The van der Waals surface area contributed by atoms with Gasteiger partial charge in [0.25, 0.3) is 0 Å². The summed E-state index contributed by atoms with van der Waals surface area (Å²) in [5, 5.41) is 0. The number of oxazole rings is 1. The summed E-state index contributed by atoms with van der Waals surface area (Å²) in [6.07, 6.45) is 3.08. The van der Waals surface area contributed by atoms with Gasteiger partial charge in [-0.1, -0.05) is 0 Å². The molecule has 13 heavy (non-hydrogen) atoms. The molecule has 0 saturated heterocycles. The summed E-state index contributed by atoms with van der Waals surface area (Å²) >= 11 is 0. The second-order valence-corrected chi connectivity index (χ2v) is 2.35. The van der Waals surface area contributed by atoms with Gasteiger partial charge in [0.15, 0.2) is 5.58 Å². The lowest BCUT2D eigenvalue weighted by Gasteiger charge is -1.88. The molecular formula is C8H6N2O3. The van der Waals surface area contributed by atoms with E-state index < -0.39 is 5.97 Å². The molecule has 2 rings (SSSR count). The van der Waals surface area contributed by atoms with E-state index >= 15 is 0 Å². The first kappa shape index (κ1) is 7.72. The molecule has 5 nitrogen and oxygen atoms in total. The molecule has 5 heteroatoms. The first-order valence-electron chi connectivity index (χ1n) is 3.60. The van der Waals surface area contributed by atoms with Crippen LogP contribution in [0.5, 0.6) is 0 Å². The van der Waals surface area contributed by atoms with Gasteiger partial charge in [0.2, 0.25) is 0 Å². The van der Waals surface area contributed by atoms with Gasteiger partial charge in [-0.15, -0.1) is 0 Å². The Kier molecular flexibility index (Phi) is 1.70. The first-order valence-corrected chi connectivity index (χ1v) is 3.60. The Morgan fingerprint density at radius 2 is 2.46 bits per heavy atom. The zero-order valence-corrected chi connectivity index (χ0v) is 6.85. The summed E-state index contributed by atoms with van der Waals surface area (Å²) in [7, 11) is 1.27. The number of carbonyl (C=O) groups is 1. The standard InChI is InChI=1S/C8H6N2O3/c1-12-8(11)7-10-5-4-9-3-2-6(5)13-7/h2-4H,1H3. The maximum atomic E-state index is 11.0. The second kappa shape index (κ2) is 2.85. The molecule has 0 aliphatic heterocycles. The highest BCUT2D eigenvalue weighted by atomic mass is 16.5. The lowest BCUT2D eigenvalue weighted by Crippen LogP contribution is -2.00. The molecule has 0 aromatic carbocycles. The van der Waals surface area contributed by atoms with Gasteiger partial charge < -0.3 is 9.15 Å². The number of esters is 1. The molecule has 0 aliphatic carbocycles. The number of hydrogen-bond acceptors (Lipinski definition) is 5. The van der Waals surface area contributed by atoms with Gasteiger partial charge in [0, 0.05) is 12.3 Å². The Balaban J connectivity index is 2.56. The van der Waals surface area contributed by atoms with Crippen molar-refractivity contribution < 1.29 is 13.9 Å². The van der Waals surface area contributed by atoms with Gasteiger partial charge >= 0.3 is 11.9 Å². The third-order valence-electron chi connectivity index (χ3n) is 1.55. The van der Waals surface area contributed by atoms with Crippen molar-refractivity contribution in [3.8, 4) is 0 Å². The zero-order chi connectivity index (χ0) is 9.26. The summed E-state index contributed by atoms with van der Waals surface area (Å²) < 4.78 is 9.55. The molecule has 2 aromatic rings. The van der Waals surface area contributed by atoms with Crippen molar-refractivity contribution >= 4 is 17.1 Å². The van der Waals surface area contributed by atoms with Crippen molar-refractivity contribution in [3.63, 3.8) is 0 Å². The van der Waals surface area contributed by atoms with Crippen molar-refractivity contribution in [2.45, 2.75) is 0 Å². The number of pyridine rings is 1. The van der Waals surface area contributed by atoms with E-state index in [1.807, 2.05) is 0 Å². The van der Waals surface area contributed by atoms with Crippen LogP contribution in [0.2, 0.25) is 0 Å². The molecule has 0 atom stereocenters. The van der Waals surface area contributed by atoms with Gasteiger partial charge in [-0.2, -0.15) is 0 Å². The summed E-state index contributed by atoms with van der Waals surface area (Å²) in [6, 6.07) is 1.63. The van der Waals surface area contributed by atoms with Gasteiger partial charge in [0.05, 0.1) is 13.3 Å². The van der Waals surface area contributed by atoms with Crippen molar-refractivity contribution in [2.75, 3.05) is 7.11 Å². The highest BCUT2D eigenvalue weighted by molar-refractivity contribution is 5.87. The SMILES string of the molecule is COC(=O)c1nc2cnccc2o1. The molecule has 0 spiro atoms. The van der Waals surface area contributed by atoms with E-state index in [2.05, 4.69) is 14.7 Å². The topological polar surface area (TPSA) is 65.2 Å². The van der Waals surface area contributed by atoms with E-state index in [1.54, 1.807) is 12.3 Å². The predicted octanol–water partition coefficient (Wildman–Crippen LogP) is 1.01. The molecule has 2 heterocycles. The lowest BCUT2D eigenvalue weighted by molar-refractivity contribution is 0.0559. The number of carbonyl (C=O) groups excluding carboxylic acids is 1. The number of aromatic nitrogens is 2.